The summed E-state index contributed by atoms with van der Waals surface area (Å²) < 4.78 is 157. The van der Waals surface area contributed by atoms with E-state index in [9.17, 15) is 120 Å². The van der Waals surface area contributed by atoms with Gasteiger partial charge in [0.15, 0.2) is 18.5 Å². The summed E-state index contributed by atoms with van der Waals surface area (Å²) in [5.74, 6) is -9.78. The van der Waals surface area contributed by atoms with Crippen molar-refractivity contribution >= 4 is 163 Å². The molecule has 33 nitrogen and oxygen atoms in total. The van der Waals surface area contributed by atoms with Gasteiger partial charge in [-0.15, -0.1) is 0 Å². The van der Waals surface area contributed by atoms with Crippen LogP contribution in [-0.4, -0.2) is 158 Å². The van der Waals surface area contributed by atoms with Crippen LogP contribution in [0.25, 0.3) is 21.3 Å². The Kier molecular flexibility index (Phi) is 40.6. The minimum atomic E-state index is -4.72. The predicted octanol–water partition coefficient (Wildman–Crippen LogP) is 13.8. The summed E-state index contributed by atoms with van der Waals surface area (Å²) in [5, 5.41) is 24.5. The highest BCUT2D eigenvalue weighted by Crippen LogP contribution is 2.36. The first-order valence-electron chi connectivity index (χ1n) is 42.2. The van der Waals surface area contributed by atoms with Crippen molar-refractivity contribution in [1.29, 1.82) is 0 Å². The minimum absolute atomic E-state index is 0. The number of fused-ring (bicyclic) bond motifs is 6. The number of halogens is 14. The summed E-state index contributed by atoms with van der Waals surface area (Å²) in [6, 6.07) is 79.5. The molecule has 12 amide bonds. The second-order valence-electron chi connectivity index (χ2n) is 30.7. The molecule has 14 N–H and O–H groups in total. The van der Waals surface area contributed by atoms with E-state index in [-0.39, 0.29) is 84.6 Å². The standard InChI is InChI=1S/C21H18Cl2F3N3O3.C18H15P.C11H8F3N5O2.C11H10F3N3O2.C11H9F3N2O2.C9H8N2O2.C8H5NO3.C7H8N2O.2CH4/c1-11(8-12-6-7-14(22)15(23)9-12)18(30)27-17-20(32)29(10-21(24,25)26)16-5-3-2-4-13(16)19(31)28-17;1-4-10-16(11-5-1)19(17-12-6-2-7-13-17)18-14-8-3-9-15-18;12-11(13,14)5-19-7-4-2-1-3-6(7)9(20)16-8(10(19)21)17-18-15;12-11(13,14)5-17-7-4-2-1-3-6(7)9(18)16-8(15)10(17)19;12-11(13,14)6-16-8-4-2-1-3-7(8)10(18)15-5-9(16)17;12-8-5-10-9(13)6-3-1-2-4-7(6)11-8;10-7-5-3-1-2-4-6(5)9-8(11)12-7;8-6-4-2-1-3-5(6)7(9)10;;/h2-7,9,11,17H,8,10H2,1H3,(H,27,30)(H,28,31);1-15H;1-4,8H,5H2,(H,16,20);1-4,8H,5,15H2,(H,16,18);1-4H,5-6H2,(H,15,18);1-4H,5H2,(H,10,13)(H,11,12);1-4H,(H,9,11);1-4H,8H2,(H2,9,10);2*1H4/t11-,17?;;;;;;;;;/m0........./s1. The van der Waals surface area contributed by atoms with Gasteiger partial charge >= 0.3 is 36.1 Å². The van der Waals surface area contributed by atoms with Gasteiger partial charge in [0.1, 0.15) is 26.2 Å². The number of benzene rings is 11. The van der Waals surface area contributed by atoms with Crippen molar-refractivity contribution in [2.24, 2.45) is 22.5 Å². The molecule has 0 radical (unpaired) electrons. The number of nitrogens with two attached hydrogens (primary N) is 3. The van der Waals surface area contributed by atoms with Crippen LogP contribution >= 0.6 is 31.1 Å². The van der Waals surface area contributed by atoms with Gasteiger partial charge in [-0.1, -0.05) is 232 Å². The van der Waals surface area contributed by atoms with E-state index < -0.39 is 160 Å². The Morgan fingerprint density at radius 1 is 0.479 bits per heavy atom. The van der Waals surface area contributed by atoms with Crippen molar-refractivity contribution in [3.8, 4) is 0 Å². The molecule has 5 aliphatic heterocycles. The highest BCUT2D eigenvalue weighted by molar-refractivity contribution is 7.79. The molecule has 764 valence electrons. The van der Waals surface area contributed by atoms with E-state index in [1.165, 1.54) is 113 Å². The fourth-order valence-corrected chi connectivity index (χ4v) is 16.5. The van der Waals surface area contributed by atoms with Crippen LogP contribution in [0, 0.1) is 5.92 Å². The van der Waals surface area contributed by atoms with Crippen LogP contribution in [0.15, 0.2) is 298 Å². The van der Waals surface area contributed by atoms with Crippen LogP contribution in [0.3, 0.4) is 0 Å². The monoisotopic (exact) mass is 2090 g/mol. The van der Waals surface area contributed by atoms with Gasteiger partial charge in [-0.05, 0) is 138 Å². The number of carbonyl (C=O) groups excluding carboxylic acids is 12. The summed E-state index contributed by atoms with van der Waals surface area (Å²) in [6.45, 7) is -4.93. The Morgan fingerprint density at radius 3 is 1.35 bits per heavy atom. The Labute approximate surface area is 833 Å². The summed E-state index contributed by atoms with van der Waals surface area (Å²) in [6.07, 6.45) is -23.2. The maximum absolute atomic E-state index is 13.2. The molecule has 0 fully saturated rings. The summed E-state index contributed by atoms with van der Waals surface area (Å²) in [5.41, 5.74) is 26.0. The lowest BCUT2D eigenvalue weighted by Gasteiger charge is -2.27. The number of nitrogens with zero attached hydrogens (tertiary/aromatic N) is 7. The molecule has 12 aromatic rings. The van der Waals surface area contributed by atoms with Crippen LogP contribution in [-0.2, 0) is 35.2 Å². The second-order valence-corrected chi connectivity index (χ2v) is 33.7. The number of nitrogen functional groups attached to an aromatic ring is 1. The largest absolute Gasteiger partial charge is 0.419 e. The lowest BCUT2D eigenvalue weighted by Crippen LogP contribution is -2.58. The van der Waals surface area contributed by atoms with Crippen molar-refractivity contribution in [2.45, 2.75) is 71.4 Å². The summed E-state index contributed by atoms with van der Waals surface area (Å²) in [4.78, 5) is 170. The molecule has 0 aliphatic carbocycles. The van der Waals surface area contributed by atoms with Crippen molar-refractivity contribution in [1.82, 2.24) is 36.9 Å². The molecule has 0 saturated heterocycles. The van der Waals surface area contributed by atoms with Crippen molar-refractivity contribution in [3.05, 3.63) is 359 Å². The molecule has 3 unspecified atom stereocenters. The molecule has 4 atom stereocenters. The van der Waals surface area contributed by atoms with Crippen molar-refractivity contribution < 1.29 is 115 Å². The van der Waals surface area contributed by atoms with E-state index in [2.05, 4.69) is 148 Å². The molecule has 17 rings (SSSR count). The number of para-hydroxylation sites is 7. The maximum atomic E-state index is 13.2. The average Bonchev–Trinajstić information content (AvgIpc) is 1.65. The predicted molar refractivity (Wildman–Crippen MR) is 525 cm³/mol. The Balaban J connectivity index is 0.000000208. The van der Waals surface area contributed by atoms with Crippen LogP contribution in [0.2, 0.25) is 10.0 Å². The van der Waals surface area contributed by atoms with E-state index in [4.69, 9.17) is 45.9 Å². The molecule has 5 aliphatic rings. The van der Waals surface area contributed by atoms with Gasteiger partial charge in [0, 0.05) is 16.5 Å². The number of carbonyl (C=O) groups is 12. The number of primary amides is 1. The van der Waals surface area contributed by atoms with Crippen LogP contribution in [0.5, 0.6) is 0 Å². The van der Waals surface area contributed by atoms with Gasteiger partial charge in [-0.25, -0.2) is 9.59 Å². The molecule has 11 aromatic carbocycles. The highest BCUT2D eigenvalue weighted by Gasteiger charge is 2.45. The topological polar surface area (TPSA) is 492 Å². The maximum Gasteiger partial charge on any atom is 0.419 e. The number of aromatic nitrogens is 1. The zero-order valence-corrected chi connectivity index (χ0v) is 76.9. The lowest BCUT2D eigenvalue weighted by atomic mass is 10.0. The smallest absolute Gasteiger partial charge is 0.398 e. The molecule has 0 spiro atoms. The molecule has 6 heterocycles. The number of H-pyrrole nitrogens is 1. The van der Waals surface area contributed by atoms with Crippen molar-refractivity contribution in [3.63, 3.8) is 0 Å². The number of amides is 12. The molecule has 48 heteroatoms. The first-order chi connectivity index (χ1) is 68.2. The molecule has 1 aromatic heterocycles. The third-order valence-corrected chi connectivity index (χ3v) is 23.5. The van der Waals surface area contributed by atoms with E-state index in [1.54, 1.807) is 97.9 Å². The first kappa shape index (κ1) is 115. The first-order valence-corrected chi connectivity index (χ1v) is 44.3. The molecule has 146 heavy (non-hydrogen) atoms. The van der Waals surface area contributed by atoms with E-state index in [1.807, 2.05) is 0 Å². The Bertz CT molecular complexity index is 6820. The van der Waals surface area contributed by atoms with Gasteiger partial charge in [0.2, 0.25) is 17.7 Å². The van der Waals surface area contributed by atoms with Gasteiger partial charge in [0.25, 0.3) is 53.2 Å². The molecule has 0 bridgehead atoms. The summed E-state index contributed by atoms with van der Waals surface area (Å²) >= 11 is 11.9. The highest BCUT2D eigenvalue weighted by atomic mass is 35.5. The van der Waals surface area contributed by atoms with Gasteiger partial charge in [-0.2, -0.15) is 52.7 Å². The Morgan fingerprint density at radius 2 is 0.877 bits per heavy atom. The fraction of sp³-hybridized carbons (Fsp3) is 0.184. The number of hydrogen-bond donors (Lipinski definition) is 11. The third-order valence-electron chi connectivity index (χ3n) is 20.3. The Hall–Kier alpha value is -16.8. The quantitative estimate of drug-likeness (QED) is 0.0128. The zero-order chi connectivity index (χ0) is 105. The van der Waals surface area contributed by atoms with Crippen LogP contribution in [0.4, 0.5) is 86.8 Å². The van der Waals surface area contributed by atoms with E-state index >= 15 is 0 Å². The van der Waals surface area contributed by atoms with Crippen LogP contribution in [0.1, 0.15) is 89.5 Å². The van der Waals surface area contributed by atoms with E-state index in [0.29, 0.717) is 68.6 Å². The minimum Gasteiger partial charge on any atom is -0.398 e. The van der Waals surface area contributed by atoms with Crippen molar-refractivity contribution in [2.75, 3.05) is 69.9 Å². The summed E-state index contributed by atoms with van der Waals surface area (Å²) in [7, 11) is -0.446. The molecular weight excluding hydrogens is 2000 g/mol. The number of azide groups is 1. The number of rotatable bonds is 13. The fourth-order valence-electron chi connectivity index (χ4n) is 13.9. The number of nitrogens with one attached hydrogen (secondary N) is 8. The normalized spacial score (nSPS) is 15.2. The number of hydrogen-bond acceptors (Lipinski definition) is 18. The third kappa shape index (κ3) is 32.4. The number of aromatic amines is 1. The SMILES string of the molecule is C.C.C[C@@H](Cc1ccc(Cl)c(Cl)c1)C(=O)NC1NC(=O)c2ccccc2N(CC(F)(F)F)C1=O.NC(=O)c1ccccc1N.NC1NC(=O)c2ccccc2N(CC(F)(F)F)C1=O.O=C1CNC(=O)c2ccccc2N1.O=C1NCC(=O)N(CC(F)(F)F)c2ccccc21.O=c1[nH]c2ccccc2c(=O)o1.[N-]=[N+]=NC1NC(=O)c2ccccc2N(CC(F)(F)F)C1=O.c1ccc(P(c2ccccc2)c2ccccc2)cc1. The van der Waals surface area contributed by atoms with Gasteiger partial charge in [0.05, 0.1) is 95.9 Å². The lowest BCUT2D eigenvalue weighted by molar-refractivity contribution is -0.136. The van der Waals surface area contributed by atoms with Gasteiger partial charge in [-0.3, -0.25) is 72.3 Å². The molecular formula is C98H89Cl2F12N18O15P. The molecule has 0 saturated carbocycles. The number of alkyl halides is 12. The zero-order valence-electron chi connectivity index (χ0n) is 74.5. The second kappa shape index (κ2) is 51.8. The number of anilines is 6. The van der Waals surface area contributed by atoms with Gasteiger partial charge < -0.3 is 68.6 Å². The average molecular weight is 2090 g/mol. The van der Waals surface area contributed by atoms with E-state index in [0.717, 1.165) is 0 Å². The van der Waals surface area contributed by atoms with Crippen LogP contribution < -0.4 is 101 Å².